The van der Waals surface area contributed by atoms with Crippen LogP contribution < -0.4 is 4.90 Å². The van der Waals surface area contributed by atoms with Crippen molar-refractivity contribution in [1.82, 2.24) is 10.2 Å². The fourth-order valence-corrected chi connectivity index (χ4v) is 2.37. The number of halogens is 1. The average Bonchev–Trinajstić information content (AvgIpc) is 2.79. The highest BCUT2D eigenvalue weighted by Crippen LogP contribution is 2.23. The van der Waals surface area contributed by atoms with Gasteiger partial charge in [-0.15, -0.1) is 16.7 Å². The molecule has 1 atom stereocenters. The van der Waals surface area contributed by atoms with Crippen molar-refractivity contribution in [2.75, 3.05) is 30.5 Å². The minimum absolute atomic E-state index is 0.250. The van der Waals surface area contributed by atoms with Gasteiger partial charge >= 0.3 is 6.01 Å². The van der Waals surface area contributed by atoms with E-state index in [1.807, 2.05) is 0 Å². The highest BCUT2D eigenvalue weighted by Gasteiger charge is 2.23. The SMILES string of the molecule is OCCC1CCCN(c2nnc(CCCl)o2)C1. The van der Waals surface area contributed by atoms with Gasteiger partial charge < -0.3 is 14.4 Å². The molecule has 1 aromatic heterocycles. The maximum Gasteiger partial charge on any atom is 0.318 e. The third-order valence-corrected chi connectivity index (χ3v) is 3.28. The van der Waals surface area contributed by atoms with Gasteiger partial charge in [0.25, 0.3) is 0 Å². The molecule has 0 aromatic carbocycles. The lowest BCUT2D eigenvalue weighted by Crippen LogP contribution is -2.36. The van der Waals surface area contributed by atoms with E-state index in [1.54, 1.807) is 0 Å². The molecule has 1 aromatic rings. The minimum atomic E-state index is 0.250. The van der Waals surface area contributed by atoms with Crippen molar-refractivity contribution in [3.05, 3.63) is 5.89 Å². The van der Waals surface area contributed by atoms with Crippen LogP contribution in [-0.4, -0.2) is 40.9 Å². The van der Waals surface area contributed by atoms with E-state index in [0.717, 1.165) is 25.9 Å². The van der Waals surface area contributed by atoms with E-state index >= 15 is 0 Å². The van der Waals surface area contributed by atoms with Crippen molar-refractivity contribution in [2.24, 2.45) is 5.92 Å². The average molecular weight is 260 g/mol. The highest BCUT2D eigenvalue weighted by atomic mass is 35.5. The summed E-state index contributed by atoms with van der Waals surface area (Å²) in [7, 11) is 0. The number of aliphatic hydroxyl groups is 1. The van der Waals surface area contributed by atoms with Crippen LogP contribution in [-0.2, 0) is 6.42 Å². The molecule has 1 aliphatic rings. The molecular weight excluding hydrogens is 242 g/mol. The Bertz CT molecular complexity index is 343. The third kappa shape index (κ3) is 3.33. The molecule has 96 valence electrons. The van der Waals surface area contributed by atoms with E-state index in [2.05, 4.69) is 15.1 Å². The van der Waals surface area contributed by atoms with Gasteiger partial charge in [-0.3, -0.25) is 0 Å². The third-order valence-electron chi connectivity index (χ3n) is 3.09. The summed E-state index contributed by atoms with van der Waals surface area (Å²) in [6, 6.07) is 0.591. The molecule has 1 aliphatic heterocycles. The number of aryl methyl sites for hydroxylation is 1. The zero-order chi connectivity index (χ0) is 12.1. The topological polar surface area (TPSA) is 62.4 Å². The molecule has 0 spiro atoms. The predicted molar refractivity (Wildman–Crippen MR) is 65.4 cm³/mol. The molecular formula is C11H18ClN3O2. The highest BCUT2D eigenvalue weighted by molar-refractivity contribution is 6.17. The van der Waals surface area contributed by atoms with Gasteiger partial charge in [0.2, 0.25) is 5.89 Å². The Labute approximate surface area is 106 Å². The maximum atomic E-state index is 8.96. The number of aromatic nitrogens is 2. The fourth-order valence-electron chi connectivity index (χ4n) is 2.21. The minimum Gasteiger partial charge on any atom is -0.408 e. The van der Waals surface area contributed by atoms with Gasteiger partial charge in [-0.25, -0.2) is 0 Å². The number of alkyl halides is 1. The largest absolute Gasteiger partial charge is 0.408 e. The Morgan fingerprint density at radius 1 is 1.47 bits per heavy atom. The monoisotopic (exact) mass is 259 g/mol. The molecule has 5 nitrogen and oxygen atoms in total. The summed E-state index contributed by atoms with van der Waals surface area (Å²) in [5.74, 6) is 1.62. The van der Waals surface area contributed by atoms with Crippen LogP contribution in [0.2, 0.25) is 0 Å². The van der Waals surface area contributed by atoms with Crippen LogP contribution in [0.25, 0.3) is 0 Å². The number of nitrogens with zero attached hydrogens (tertiary/aromatic N) is 3. The first-order valence-corrected chi connectivity index (χ1v) is 6.61. The summed E-state index contributed by atoms with van der Waals surface area (Å²) in [5, 5.41) is 17.0. The van der Waals surface area contributed by atoms with Crippen LogP contribution in [0.1, 0.15) is 25.2 Å². The van der Waals surface area contributed by atoms with Gasteiger partial charge in [0.1, 0.15) is 0 Å². The van der Waals surface area contributed by atoms with Gasteiger partial charge in [-0.2, -0.15) is 0 Å². The molecule has 0 radical (unpaired) electrons. The molecule has 1 N–H and O–H groups in total. The van der Waals surface area contributed by atoms with Crippen molar-refractivity contribution < 1.29 is 9.52 Å². The fraction of sp³-hybridized carbons (Fsp3) is 0.818. The molecule has 1 saturated heterocycles. The predicted octanol–water partition coefficient (Wildman–Crippen LogP) is 1.45. The number of anilines is 1. The van der Waals surface area contributed by atoms with Crippen LogP contribution in [0, 0.1) is 5.92 Å². The summed E-state index contributed by atoms with van der Waals surface area (Å²) in [6.45, 7) is 2.09. The summed E-state index contributed by atoms with van der Waals surface area (Å²) < 4.78 is 5.55. The lowest BCUT2D eigenvalue weighted by atomic mass is 9.95. The van der Waals surface area contributed by atoms with Crippen molar-refractivity contribution in [1.29, 1.82) is 0 Å². The normalized spacial score (nSPS) is 20.8. The summed E-state index contributed by atoms with van der Waals surface area (Å²) >= 11 is 5.63. The van der Waals surface area contributed by atoms with Crippen LogP contribution in [0.3, 0.4) is 0 Å². The Balaban J connectivity index is 1.95. The van der Waals surface area contributed by atoms with E-state index in [4.69, 9.17) is 21.1 Å². The first-order valence-electron chi connectivity index (χ1n) is 6.07. The molecule has 1 unspecified atom stereocenters. The zero-order valence-electron chi connectivity index (χ0n) is 9.81. The molecule has 0 bridgehead atoms. The Morgan fingerprint density at radius 2 is 2.35 bits per heavy atom. The lowest BCUT2D eigenvalue weighted by Gasteiger charge is -2.30. The van der Waals surface area contributed by atoms with Crippen molar-refractivity contribution in [2.45, 2.75) is 25.7 Å². The molecule has 2 rings (SSSR count). The molecule has 0 amide bonds. The van der Waals surface area contributed by atoms with Crippen molar-refractivity contribution in [3.8, 4) is 0 Å². The van der Waals surface area contributed by atoms with Gasteiger partial charge in [0, 0.05) is 32.0 Å². The van der Waals surface area contributed by atoms with Crippen LogP contribution in [0.5, 0.6) is 0 Å². The second-order valence-electron chi connectivity index (χ2n) is 4.38. The van der Waals surface area contributed by atoms with E-state index in [-0.39, 0.29) is 6.61 Å². The smallest absolute Gasteiger partial charge is 0.318 e. The molecule has 0 saturated carbocycles. The van der Waals surface area contributed by atoms with E-state index in [0.29, 0.717) is 30.1 Å². The number of hydrogen-bond acceptors (Lipinski definition) is 5. The summed E-state index contributed by atoms with van der Waals surface area (Å²) in [6.07, 6.45) is 3.74. The molecule has 17 heavy (non-hydrogen) atoms. The summed E-state index contributed by atoms with van der Waals surface area (Å²) in [5.41, 5.74) is 0. The van der Waals surface area contributed by atoms with E-state index in [1.165, 1.54) is 6.42 Å². The second-order valence-corrected chi connectivity index (χ2v) is 4.76. The standard InChI is InChI=1S/C11H18ClN3O2/c12-5-3-10-13-14-11(17-10)15-6-1-2-9(8-15)4-7-16/h9,16H,1-8H2. The Kier molecular flexibility index (Phi) is 4.62. The van der Waals surface area contributed by atoms with Gasteiger partial charge in [0.15, 0.2) is 0 Å². The van der Waals surface area contributed by atoms with Crippen LogP contribution in [0.15, 0.2) is 4.42 Å². The molecule has 2 heterocycles. The lowest BCUT2D eigenvalue weighted by molar-refractivity contribution is 0.242. The van der Waals surface area contributed by atoms with Gasteiger partial charge in [0.05, 0.1) is 0 Å². The molecule has 6 heteroatoms. The second kappa shape index (κ2) is 6.21. The maximum absolute atomic E-state index is 8.96. The number of piperidine rings is 1. The van der Waals surface area contributed by atoms with Crippen LogP contribution in [0.4, 0.5) is 6.01 Å². The number of rotatable bonds is 5. The number of aliphatic hydroxyl groups excluding tert-OH is 1. The molecule has 1 fully saturated rings. The Morgan fingerprint density at radius 3 is 3.12 bits per heavy atom. The molecule has 0 aliphatic carbocycles. The zero-order valence-corrected chi connectivity index (χ0v) is 10.6. The number of hydrogen-bond donors (Lipinski definition) is 1. The Hall–Kier alpha value is -0.810. The van der Waals surface area contributed by atoms with Crippen LogP contribution >= 0.6 is 11.6 Å². The summed E-state index contributed by atoms with van der Waals surface area (Å²) in [4.78, 5) is 2.11. The van der Waals surface area contributed by atoms with Crippen molar-refractivity contribution in [3.63, 3.8) is 0 Å². The first kappa shape index (κ1) is 12.6. The van der Waals surface area contributed by atoms with E-state index < -0.39 is 0 Å². The van der Waals surface area contributed by atoms with Crippen molar-refractivity contribution >= 4 is 17.6 Å². The first-order chi connectivity index (χ1) is 8.33. The van der Waals surface area contributed by atoms with Gasteiger partial charge in [-0.05, 0) is 25.2 Å². The van der Waals surface area contributed by atoms with E-state index in [9.17, 15) is 0 Å². The quantitative estimate of drug-likeness (QED) is 0.811. The van der Waals surface area contributed by atoms with Gasteiger partial charge in [-0.1, -0.05) is 5.10 Å².